The van der Waals surface area contributed by atoms with Crippen molar-refractivity contribution in [3.05, 3.63) is 63.6 Å². The van der Waals surface area contributed by atoms with Crippen molar-refractivity contribution in [1.29, 1.82) is 0 Å². The number of benzene rings is 2. The molecular weight excluding hydrogens is 373 g/mol. The van der Waals surface area contributed by atoms with Crippen LogP contribution in [0.1, 0.15) is 29.4 Å². The molecule has 1 saturated heterocycles. The van der Waals surface area contributed by atoms with Crippen molar-refractivity contribution >= 4 is 46.5 Å². The Hall–Kier alpha value is -2.17. The molecule has 2 amide bonds. The van der Waals surface area contributed by atoms with Gasteiger partial charge in [0.1, 0.15) is 5.78 Å². The number of imide groups is 1. The Kier molecular flexibility index (Phi) is 3.34. The summed E-state index contributed by atoms with van der Waals surface area (Å²) in [6, 6.07) is 12.3. The van der Waals surface area contributed by atoms with E-state index in [1.54, 1.807) is 18.2 Å². The van der Waals surface area contributed by atoms with Crippen molar-refractivity contribution < 1.29 is 14.4 Å². The summed E-state index contributed by atoms with van der Waals surface area (Å²) in [4.78, 5) is 40.2. The number of ketones is 1. The Balaban J connectivity index is 1.66. The molecule has 6 rings (SSSR count). The highest BCUT2D eigenvalue weighted by molar-refractivity contribution is 6.36. The summed E-state index contributed by atoms with van der Waals surface area (Å²) in [6.45, 7) is 0. The van der Waals surface area contributed by atoms with E-state index in [2.05, 4.69) is 0 Å². The van der Waals surface area contributed by atoms with Gasteiger partial charge in [-0.25, -0.2) is 4.90 Å². The summed E-state index contributed by atoms with van der Waals surface area (Å²) >= 11 is 12.1. The van der Waals surface area contributed by atoms with Crippen molar-refractivity contribution in [3.8, 4) is 0 Å². The second-order valence-electron chi connectivity index (χ2n) is 7.07. The van der Waals surface area contributed by atoms with Gasteiger partial charge in [-0.1, -0.05) is 47.5 Å². The largest absolute Gasteiger partial charge is 0.299 e. The lowest BCUT2D eigenvalue weighted by Crippen LogP contribution is -2.44. The Labute approximate surface area is 159 Å². The average molecular weight is 386 g/mol. The highest BCUT2D eigenvalue weighted by Gasteiger charge is 2.62. The zero-order valence-electron chi connectivity index (χ0n) is 13.5. The third kappa shape index (κ3) is 2.00. The first kappa shape index (κ1) is 16.0. The monoisotopic (exact) mass is 385 g/mol. The Morgan fingerprint density at radius 1 is 0.846 bits per heavy atom. The predicted octanol–water partition coefficient (Wildman–Crippen LogP) is 3.95. The van der Waals surface area contributed by atoms with Gasteiger partial charge in [-0.15, -0.1) is 0 Å². The Morgan fingerprint density at radius 3 is 2.15 bits per heavy atom. The van der Waals surface area contributed by atoms with Crippen LogP contribution in [0.4, 0.5) is 5.69 Å². The number of Topliss-reactive ketones (excluding diaryl/α,β-unsaturated/α-hetero) is 1. The minimum absolute atomic E-state index is 0.0436. The van der Waals surface area contributed by atoms with Crippen molar-refractivity contribution in [3.63, 3.8) is 0 Å². The minimum Gasteiger partial charge on any atom is -0.299 e. The summed E-state index contributed by atoms with van der Waals surface area (Å²) in [5.74, 6) is -2.49. The summed E-state index contributed by atoms with van der Waals surface area (Å²) in [5, 5.41) is 0.704. The van der Waals surface area contributed by atoms with Crippen molar-refractivity contribution in [2.45, 2.75) is 18.3 Å². The van der Waals surface area contributed by atoms with Gasteiger partial charge >= 0.3 is 0 Å². The standard InChI is InChI=1S/C20H13Cl2NO3/c21-9-5-10(22)7-11(6-9)23-19(25)17-14-8-15(24)16(18(17)20(23)26)13-4-2-1-3-12(13)14/h1-7,14,16-18H,8H2/t14-,16+,17-,18-/m1/s1. The lowest BCUT2D eigenvalue weighted by molar-refractivity contribution is -0.134. The lowest BCUT2D eigenvalue weighted by atomic mass is 9.56. The van der Waals surface area contributed by atoms with Crippen LogP contribution in [0.15, 0.2) is 42.5 Å². The summed E-state index contributed by atoms with van der Waals surface area (Å²) in [6.07, 6.45) is 0.312. The van der Waals surface area contributed by atoms with E-state index in [0.29, 0.717) is 22.2 Å². The molecular formula is C20H13Cl2NO3. The molecule has 2 bridgehead atoms. The van der Waals surface area contributed by atoms with Gasteiger partial charge in [0.25, 0.3) is 0 Å². The molecule has 26 heavy (non-hydrogen) atoms. The Morgan fingerprint density at radius 2 is 1.46 bits per heavy atom. The average Bonchev–Trinajstić information content (AvgIpc) is 2.86. The van der Waals surface area contributed by atoms with Crippen LogP contribution in [-0.2, 0) is 14.4 Å². The molecule has 130 valence electrons. The molecule has 1 saturated carbocycles. The fraction of sp³-hybridized carbons (Fsp3) is 0.250. The minimum atomic E-state index is -0.638. The van der Waals surface area contributed by atoms with E-state index in [-0.39, 0.29) is 23.5 Å². The van der Waals surface area contributed by atoms with Crippen LogP contribution in [-0.4, -0.2) is 17.6 Å². The molecule has 0 N–H and O–H groups in total. The maximum atomic E-state index is 13.2. The third-order valence-electron chi connectivity index (χ3n) is 5.79. The highest BCUT2D eigenvalue weighted by Crippen LogP contribution is 2.57. The van der Waals surface area contributed by atoms with Gasteiger partial charge in [-0.3, -0.25) is 14.4 Å². The van der Waals surface area contributed by atoms with E-state index in [0.717, 1.165) is 16.0 Å². The fourth-order valence-electron chi connectivity index (χ4n) is 4.88. The van der Waals surface area contributed by atoms with Gasteiger partial charge in [-0.05, 0) is 29.3 Å². The second-order valence-corrected chi connectivity index (χ2v) is 7.95. The molecule has 2 aromatic rings. The SMILES string of the molecule is O=C1C[C@@H]2c3ccccc3[C@@H]1[C@H]1C(=O)N(c3cc(Cl)cc(Cl)c3)C(=O)[C@@H]12. The molecule has 1 heterocycles. The normalized spacial score (nSPS) is 29.2. The van der Waals surface area contributed by atoms with E-state index in [9.17, 15) is 14.4 Å². The quantitative estimate of drug-likeness (QED) is 0.698. The van der Waals surface area contributed by atoms with Crippen molar-refractivity contribution in [1.82, 2.24) is 0 Å². The topological polar surface area (TPSA) is 54.5 Å². The van der Waals surface area contributed by atoms with Crippen LogP contribution in [0.25, 0.3) is 0 Å². The lowest BCUT2D eigenvalue weighted by Gasteiger charge is -2.43. The molecule has 1 aliphatic heterocycles. The molecule has 0 unspecified atom stereocenters. The highest BCUT2D eigenvalue weighted by atomic mass is 35.5. The van der Waals surface area contributed by atoms with E-state index in [1.807, 2.05) is 24.3 Å². The van der Waals surface area contributed by atoms with Gasteiger partial charge < -0.3 is 0 Å². The van der Waals surface area contributed by atoms with Gasteiger partial charge in [0.2, 0.25) is 11.8 Å². The smallest absolute Gasteiger partial charge is 0.238 e. The molecule has 0 spiro atoms. The predicted molar refractivity (Wildman–Crippen MR) is 97.5 cm³/mol. The number of hydrogen-bond acceptors (Lipinski definition) is 3. The van der Waals surface area contributed by atoms with Crippen LogP contribution in [0.2, 0.25) is 10.0 Å². The number of anilines is 1. The van der Waals surface area contributed by atoms with E-state index < -0.39 is 17.8 Å². The number of hydrogen-bond donors (Lipinski definition) is 0. The van der Waals surface area contributed by atoms with E-state index in [1.165, 1.54) is 0 Å². The van der Waals surface area contributed by atoms with Crippen LogP contribution in [0.5, 0.6) is 0 Å². The number of rotatable bonds is 1. The fourth-order valence-corrected chi connectivity index (χ4v) is 5.40. The first-order valence-electron chi connectivity index (χ1n) is 8.43. The summed E-state index contributed by atoms with van der Waals surface area (Å²) in [5.41, 5.74) is 2.27. The van der Waals surface area contributed by atoms with Crippen molar-refractivity contribution in [2.24, 2.45) is 11.8 Å². The van der Waals surface area contributed by atoms with Gasteiger partial charge in [0.15, 0.2) is 0 Å². The first-order chi connectivity index (χ1) is 12.5. The molecule has 3 aliphatic carbocycles. The number of fused-ring (bicyclic) bond motifs is 1. The molecule has 4 nitrogen and oxygen atoms in total. The first-order valence-corrected chi connectivity index (χ1v) is 9.18. The van der Waals surface area contributed by atoms with E-state index >= 15 is 0 Å². The Bertz CT molecular complexity index is 982. The zero-order valence-corrected chi connectivity index (χ0v) is 15.0. The van der Waals surface area contributed by atoms with E-state index in [4.69, 9.17) is 23.2 Å². The molecule has 0 aromatic heterocycles. The molecule has 0 radical (unpaired) electrons. The van der Waals surface area contributed by atoms with Gasteiger partial charge in [0, 0.05) is 22.4 Å². The van der Waals surface area contributed by atoms with Crippen molar-refractivity contribution in [2.75, 3.05) is 4.90 Å². The van der Waals surface area contributed by atoms with Crippen LogP contribution < -0.4 is 4.90 Å². The number of amides is 2. The zero-order chi connectivity index (χ0) is 18.2. The van der Waals surface area contributed by atoms with Crippen LogP contribution >= 0.6 is 23.2 Å². The van der Waals surface area contributed by atoms with Gasteiger partial charge in [-0.2, -0.15) is 0 Å². The molecule has 2 fully saturated rings. The molecule has 6 heteroatoms. The number of carbonyl (C=O) groups is 3. The number of halogens is 2. The maximum Gasteiger partial charge on any atom is 0.238 e. The number of carbonyl (C=O) groups excluding carboxylic acids is 3. The number of nitrogens with zero attached hydrogens (tertiary/aromatic N) is 1. The van der Waals surface area contributed by atoms with Crippen LogP contribution in [0, 0.1) is 11.8 Å². The third-order valence-corrected chi connectivity index (χ3v) is 6.23. The van der Waals surface area contributed by atoms with Crippen LogP contribution in [0.3, 0.4) is 0 Å². The molecule has 2 aromatic carbocycles. The molecule has 4 atom stereocenters. The second kappa shape index (κ2) is 5.41. The molecule has 4 aliphatic rings. The summed E-state index contributed by atoms with van der Waals surface area (Å²) in [7, 11) is 0. The maximum absolute atomic E-state index is 13.2. The van der Waals surface area contributed by atoms with Gasteiger partial charge in [0.05, 0.1) is 23.4 Å². The summed E-state index contributed by atoms with van der Waals surface area (Å²) < 4.78 is 0.